The maximum Gasteiger partial charge on any atom is 0.203 e. The van der Waals surface area contributed by atoms with E-state index in [4.69, 9.17) is 14.2 Å². The zero-order valence-corrected chi connectivity index (χ0v) is 17.4. The lowest BCUT2D eigenvalue weighted by Crippen LogP contribution is -1.97. The lowest BCUT2D eigenvalue weighted by atomic mass is 10.2. The number of nitrogens with one attached hydrogen (secondary N) is 1. The summed E-state index contributed by atoms with van der Waals surface area (Å²) in [6, 6.07) is 11.7. The Hall–Kier alpha value is -2.58. The molecule has 0 fully saturated rings. The van der Waals surface area contributed by atoms with Crippen molar-refractivity contribution in [3.63, 3.8) is 0 Å². The predicted molar refractivity (Wildman–Crippen MR) is 113 cm³/mol. The summed E-state index contributed by atoms with van der Waals surface area (Å²) in [6.07, 6.45) is 1.67. The van der Waals surface area contributed by atoms with Gasteiger partial charge in [0.05, 0.1) is 33.2 Å². The smallest absolute Gasteiger partial charge is 0.203 e. The lowest BCUT2D eigenvalue weighted by Gasteiger charge is -2.12. The van der Waals surface area contributed by atoms with Crippen LogP contribution in [0.2, 0.25) is 0 Å². The molecule has 2 aromatic carbocycles. The van der Waals surface area contributed by atoms with Gasteiger partial charge in [-0.3, -0.25) is 5.43 Å². The summed E-state index contributed by atoms with van der Waals surface area (Å²) in [5, 5.41) is 6.94. The van der Waals surface area contributed by atoms with E-state index >= 15 is 0 Å². The van der Waals surface area contributed by atoms with Crippen LogP contribution in [-0.4, -0.2) is 32.5 Å². The highest BCUT2D eigenvalue weighted by atomic mass is 79.9. The van der Waals surface area contributed by atoms with Crippen LogP contribution >= 0.6 is 27.3 Å². The van der Waals surface area contributed by atoms with Crippen LogP contribution < -0.4 is 19.6 Å². The number of hydrazone groups is 1. The number of thiazole rings is 1. The molecule has 0 spiro atoms. The Labute approximate surface area is 169 Å². The number of halogens is 1. The van der Waals surface area contributed by atoms with E-state index < -0.39 is 0 Å². The molecule has 1 N–H and O–H groups in total. The molecule has 0 saturated heterocycles. The molecule has 8 heteroatoms. The molecule has 27 heavy (non-hydrogen) atoms. The van der Waals surface area contributed by atoms with Crippen molar-refractivity contribution in [2.45, 2.75) is 0 Å². The molecular weight excluding hydrogens is 430 g/mol. The fourth-order valence-corrected chi connectivity index (χ4v) is 3.35. The molecule has 3 rings (SSSR count). The zero-order valence-electron chi connectivity index (χ0n) is 15.0. The van der Waals surface area contributed by atoms with E-state index in [1.807, 2.05) is 41.8 Å². The van der Waals surface area contributed by atoms with Crippen molar-refractivity contribution in [2.75, 3.05) is 26.8 Å². The van der Waals surface area contributed by atoms with Crippen LogP contribution in [0.25, 0.3) is 11.3 Å². The molecule has 3 aromatic rings. The summed E-state index contributed by atoms with van der Waals surface area (Å²) < 4.78 is 17.0. The average Bonchev–Trinajstić information content (AvgIpc) is 3.16. The number of ether oxygens (including phenoxy) is 3. The molecule has 1 aromatic heterocycles. The molecular formula is C19H18BrN3O3S. The molecule has 0 atom stereocenters. The monoisotopic (exact) mass is 447 g/mol. The highest BCUT2D eigenvalue weighted by molar-refractivity contribution is 9.10. The van der Waals surface area contributed by atoms with E-state index in [-0.39, 0.29) is 0 Å². The predicted octanol–water partition coefficient (Wildman–Crippen LogP) is 5.04. The molecule has 0 aliphatic rings. The van der Waals surface area contributed by atoms with E-state index in [9.17, 15) is 0 Å². The standard InChI is InChI=1S/C19H18BrN3O3S/c1-24-16-8-12(9-17(25-2)18(16)26-3)10-21-23-19-22-15(11-27-19)13-4-6-14(20)7-5-13/h4-11H,1-3H3,(H,22,23)/b21-10+. The topological polar surface area (TPSA) is 65.0 Å². The maximum atomic E-state index is 5.34. The van der Waals surface area contributed by atoms with Gasteiger partial charge in [-0.2, -0.15) is 5.10 Å². The number of anilines is 1. The summed E-state index contributed by atoms with van der Waals surface area (Å²) in [5.74, 6) is 1.69. The fraction of sp³-hybridized carbons (Fsp3) is 0.158. The molecule has 140 valence electrons. The van der Waals surface area contributed by atoms with Crippen molar-refractivity contribution >= 4 is 38.6 Å². The lowest BCUT2D eigenvalue weighted by molar-refractivity contribution is 0.324. The number of rotatable bonds is 7. The van der Waals surface area contributed by atoms with Crippen molar-refractivity contribution in [1.29, 1.82) is 0 Å². The Morgan fingerprint density at radius 3 is 2.30 bits per heavy atom. The number of methoxy groups -OCH3 is 3. The number of hydrogen-bond acceptors (Lipinski definition) is 7. The van der Waals surface area contributed by atoms with Crippen LogP contribution in [0.4, 0.5) is 5.13 Å². The van der Waals surface area contributed by atoms with E-state index in [0.29, 0.717) is 22.4 Å². The minimum atomic E-state index is 0.546. The Morgan fingerprint density at radius 1 is 1.04 bits per heavy atom. The van der Waals surface area contributed by atoms with Gasteiger partial charge in [-0.1, -0.05) is 28.1 Å². The molecule has 0 aliphatic carbocycles. The van der Waals surface area contributed by atoms with E-state index in [1.165, 1.54) is 11.3 Å². The quantitative estimate of drug-likeness (QED) is 0.405. The number of hydrogen-bond donors (Lipinski definition) is 1. The first-order valence-corrected chi connectivity index (χ1v) is 9.62. The molecule has 0 bridgehead atoms. The van der Waals surface area contributed by atoms with Crippen LogP contribution in [0.3, 0.4) is 0 Å². The second-order valence-corrected chi connectivity index (χ2v) is 7.15. The summed E-state index contributed by atoms with van der Waals surface area (Å²) in [6.45, 7) is 0. The van der Waals surface area contributed by atoms with Crippen LogP contribution in [0.15, 0.2) is 51.4 Å². The van der Waals surface area contributed by atoms with Crippen molar-refractivity contribution in [3.05, 3.63) is 51.8 Å². The summed E-state index contributed by atoms with van der Waals surface area (Å²) in [4.78, 5) is 4.55. The Bertz CT molecular complexity index is 917. The van der Waals surface area contributed by atoms with Crippen molar-refractivity contribution in [3.8, 4) is 28.5 Å². The third-order valence-corrected chi connectivity index (χ3v) is 4.98. The average molecular weight is 448 g/mol. The molecule has 0 aliphatic heterocycles. The van der Waals surface area contributed by atoms with Gasteiger partial charge in [-0.15, -0.1) is 11.3 Å². The van der Waals surface area contributed by atoms with Gasteiger partial charge in [-0.05, 0) is 24.3 Å². The van der Waals surface area contributed by atoms with E-state index in [0.717, 1.165) is 21.3 Å². The van der Waals surface area contributed by atoms with Crippen LogP contribution in [0, 0.1) is 0 Å². The third-order valence-electron chi connectivity index (χ3n) is 3.71. The Balaban J connectivity index is 1.73. The minimum absolute atomic E-state index is 0.546. The second-order valence-electron chi connectivity index (χ2n) is 5.37. The summed E-state index contributed by atoms with van der Waals surface area (Å²) in [5.41, 5.74) is 5.71. The van der Waals surface area contributed by atoms with Gasteiger partial charge < -0.3 is 14.2 Å². The van der Waals surface area contributed by atoms with Crippen molar-refractivity contribution in [1.82, 2.24) is 4.98 Å². The molecule has 0 amide bonds. The fourth-order valence-electron chi connectivity index (χ4n) is 2.42. The second kappa shape index (κ2) is 8.88. The Morgan fingerprint density at radius 2 is 1.70 bits per heavy atom. The minimum Gasteiger partial charge on any atom is -0.493 e. The molecule has 0 radical (unpaired) electrons. The highest BCUT2D eigenvalue weighted by Crippen LogP contribution is 2.37. The number of nitrogens with zero attached hydrogens (tertiary/aromatic N) is 2. The van der Waals surface area contributed by atoms with Crippen LogP contribution in [0.1, 0.15) is 5.56 Å². The first kappa shape index (κ1) is 19.2. The zero-order chi connectivity index (χ0) is 19.2. The van der Waals surface area contributed by atoms with Gasteiger partial charge >= 0.3 is 0 Å². The van der Waals surface area contributed by atoms with Gasteiger partial charge in [0.15, 0.2) is 11.5 Å². The van der Waals surface area contributed by atoms with Gasteiger partial charge in [0.25, 0.3) is 0 Å². The molecule has 6 nitrogen and oxygen atoms in total. The van der Waals surface area contributed by atoms with Crippen molar-refractivity contribution < 1.29 is 14.2 Å². The number of aromatic nitrogens is 1. The summed E-state index contributed by atoms with van der Waals surface area (Å²) >= 11 is 4.92. The van der Waals surface area contributed by atoms with Gasteiger partial charge in [0, 0.05) is 21.0 Å². The van der Waals surface area contributed by atoms with Crippen LogP contribution in [0.5, 0.6) is 17.2 Å². The van der Waals surface area contributed by atoms with Crippen LogP contribution in [-0.2, 0) is 0 Å². The first-order valence-electron chi connectivity index (χ1n) is 7.95. The first-order chi connectivity index (χ1) is 13.1. The molecule has 0 saturated carbocycles. The van der Waals surface area contributed by atoms with E-state index in [2.05, 4.69) is 31.4 Å². The van der Waals surface area contributed by atoms with Gasteiger partial charge in [0.1, 0.15) is 0 Å². The maximum absolute atomic E-state index is 5.34. The molecule has 1 heterocycles. The Kier molecular flexibility index (Phi) is 6.31. The van der Waals surface area contributed by atoms with Crippen molar-refractivity contribution in [2.24, 2.45) is 5.10 Å². The summed E-state index contributed by atoms with van der Waals surface area (Å²) in [7, 11) is 4.73. The number of benzene rings is 2. The molecule has 0 unspecified atom stereocenters. The van der Waals surface area contributed by atoms with Gasteiger partial charge in [0.2, 0.25) is 10.9 Å². The normalized spacial score (nSPS) is 10.8. The SMILES string of the molecule is COc1cc(/C=N/Nc2nc(-c3ccc(Br)cc3)cs2)cc(OC)c1OC. The van der Waals surface area contributed by atoms with E-state index in [1.54, 1.807) is 27.5 Å². The van der Waals surface area contributed by atoms with Gasteiger partial charge in [-0.25, -0.2) is 4.98 Å². The third kappa shape index (κ3) is 4.58. The largest absolute Gasteiger partial charge is 0.493 e. The highest BCUT2D eigenvalue weighted by Gasteiger charge is 2.12.